The quantitative estimate of drug-likeness (QED) is 0.895. The Morgan fingerprint density at radius 2 is 1.91 bits per heavy atom. The van der Waals surface area contributed by atoms with E-state index in [0.29, 0.717) is 17.7 Å². The van der Waals surface area contributed by atoms with Gasteiger partial charge in [-0.15, -0.1) is 0 Å². The Hall–Kier alpha value is -1.88. The summed E-state index contributed by atoms with van der Waals surface area (Å²) in [4.78, 5) is 25.9. The monoisotopic (exact) mass is 303 g/mol. The number of carbonyl (C=O) groups is 2. The Balaban J connectivity index is 2.04. The van der Waals surface area contributed by atoms with Crippen molar-refractivity contribution >= 4 is 17.5 Å². The van der Waals surface area contributed by atoms with Crippen LogP contribution in [0.5, 0.6) is 0 Å². The summed E-state index contributed by atoms with van der Waals surface area (Å²) >= 11 is 0. The van der Waals surface area contributed by atoms with E-state index in [9.17, 15) is 9.59 Å². The van der Waals surface area contributed by atoms with E-state index in [4.69, 9.17) is 5.73 Å². The van der Waals surface area contributed by atoms with Crippen LogP contribution in [0.3, 0.4) is 0 Å². The summed E-state index contributed by atoms with van der Waals surface area (Å²) in [7, 11) is 3.39. The van der Waals surface area contributed by atoms with Crippen molar-refractivity contribution in [3.63, 3.8) is 0 Å². The molecule has 0 heterocycles. The Kier molecular flexibility index (Phi) is 5.55. The number of anilines is 1. The van der Waals surface area contributed by atoms with Crippen LogP contribution in [0.2, 0.25) is 0 Å². The van der Waals surface area contributed by atoms with Gasteiger partial charge in [0.2, 0.25) is 5.91 Å². The van der Waals surface area contributed by atoms with E-state index in [2.05, 4.69) is 5.32 Å². The number of nitrogens with one attached hydrogen (secondary N) is 1. The van der Waals surface area contributed by atoms with E-state index in [1.54, 1.807) is 32.3 Å². The molecule has 2 amide bonds. The highest BCUT2D eigenvalue weighted by Gasteiger charge is 2.24. The van der Waals surface area contributed by atoms with Crippen molar-refractivity contribution in [2.24, 2.45) is 11.7 Å². The van der Waals surface area contributed by atoms with E-state index in [1.165, 1.54) is 4.90 Å². The second-order valence-corrected chi connectivity index (χ2v) is 6.21. The molecule has 0 bridgehead atoms. The fraction of sp³-hybridized carbons (Fsp3) is 0.529. The highest BCUT2D eigenvalue weighted by Crippen LogP contribution is 2.26. The molecule has 0 spiro atoms. The molecule has 1 aromatic carbocycles. The van der Waals surface area contributed by atoms with Crippen molar-refractivity contribution in [2.45, 2.75) is 38.1 Å². The van der Waals surface area contributed by atoms with Crippen LogP contribution in [-0.4, -0.2) is 36.9 Å². The molecule has 1 fully saturated rings. The number of nitrogens with zero attached hydrogens (tertiary/aromatic N) is 1. The molecule has 1 saturated carbocycles. The number of hydrogen-bond donors (Lipinski definition) is 2. The highest BCUT2D eigenvalue weighted by atomic mass is 16.2. The van der Waals surface area contributed by atoms with Gasteiger partial charge in [0.25, 0.3) is 5.91 Å². The number of hydrogen-bond acceptors (Lipinski definition) is 3. The van der Waals surface area contributed by atoms with Crippen molar-refractivity contribution in [2.75, 3.05) is 19.4 Å². The molecule has 2 atom stereocenters. The molecular weight excluding hydrogens is 278 g/mol. The van der Waals surface area contributed by atoms with E-state index in [1.807, 2.05) is 6.07 Å². The molecule has 1 aliphatic carbocycles. The van der Waals surface area contributed by atoms with E-state index < -0.39 is 0 Å². The molecule has 1 aliphatic rings. The fourth-order valence-electron chi connectivity index (χ4n) is 2.95. The minimum Gasteiger partial charge on any atom is -0.345 e. The summed E-state index contributed by atoms with van der Waals surface area (Å²) in [5.74, 6) is 0.0529. The molecule has 0 radical (unpaired) electrons. The van der Waals surface area contributed by atoms with Gasteiger partial charge in [-0.3, -0.25) is 9.59 Å². The standard InChI is InChI=1S/C17H25N3O2/c1-20(2)17(22)13-8-4-6-10-15(13)19-16(21)11-12-7-3-5-9-14(12)18/h4,6,8,10,12,14H,3,5,7,9,11,18H2,1-2H3,(H,19,21). The predicted molar refractivity (Wildman–Crippen MR) is 87.6 cm³/mol. The first-order valence-electron chi connectivity index (χ1n) is 7.85. The summed E-state index contributed by atoms with van der Waals surface area (Å²) < 4.78 is 0. The Labute approximate surface area is 131 Å². The second-order valence-electron chi connectivity index (χ2n) is 6.21. The molecule has 5 nitrogen and oxygen atoms in total. The summed E-state index contributed by atoms with van der Waals surface area (Å²) in [5.41, 5.74) is 7.17. The smallest absolute Gasteiger partial charge is 0.255 e. The maximum atomic E-state index is 12.3. The number of rotatable bonds is 4. The molecular formula is C17H25N3O2. The van der Waals surface area contributed by atoms with Gasteiger partial charge < -0.3 is 16.0 Å². The van der Waals surface area contributed by atoms with Gasteiger partial charge in [-0.2, -0.15) is 0 Å². The average molecular weight is 303 g/mol. The lowest BCUT2D eigenvalue weighted by atomic mass is 9.83. The lowest BCUT2D eigenvalue weighted by Crippen LogP contribution is -2.35. The lowest BCUT2D eigenvalue weighted by Gasteiger charge is -2.28. The maximum absolute atomic E-state index is 12.3. The molecule has 5 heteroatoms. The third-order valence-corrected chi connectivity index (χ3v) is 4.25. The first kappa shape index (κ1) is 16.5. The molecule has 120 valence electrons. The summed E-state index contributed by atoms with van der Waals surface area (Å²) in [6.07, 6.45) is 4.72. The normalized spacial score (nSPS) is 21.2. The van der Waals surface area contributed by atoms with Gasteiger partial charge in [-0.25, -0.2) is 0 Å². The number of carbonyl (C=O) groups excluding carboxylic acids is 2. The molecule has 0 saturated heterocycles. The number of benzene rings is 1. The molecule has 2 unspecified atom stereocenters. The Morgan fingerprint density at radius 1 is 1.23 bits per heavy atom. The van der Waals surface area contributed by atoms with E-state index >= 15 is 0 Å². The first-order chi connectivity index (χ1) is 10.5. The van der Waals surface area contributed by atoms with Crippen LogP contribution in [0.4, 0.5) is 5.69 Å². The van der Waals surface area contributed by atoms with Crippen LogP contribution in [0.15, 0.2) is 24.3 Å². The van der Waals surface area contributed by atoms with Crippen molar-refractivity contribution < 1.29 is 9.59 Å². The first-order valence-corrected chi connectivity index (χ1v) is 7.85. The van der Waals surface area contributed by atoms with E-state index in [-0.39, 0.29) is 23.8 Å². The van der Waals surface area contributed by atoms with Crippen LogP contribution in [-0.2, 0) is 4.79 Å². The van der Waals surface area contributed by atoms with E-state index in [0.717, 1.165) is 25.7 Å². The number of amides is 2. The summed E-state index contributed by atoms with van der Waals surface area (Å²) in [6, 6.07) is 7.20. The third kappa shape index (κ3) is 4.07. The van der Waals surface area contributed by atoms with Crippen LogP contribution in [0, 0.1) is 5.92 Å². The zero-order valence-corrected chi connectivity index (χ0v) is 13.3. The van der Waals surface area contributed by atoms with Crippen molar-refractivity contribution in [3.05, 3.63) is 29.8 Å². The molecule has 0 aliphatic heterocycles. The van der Waals surface area contributed by atoms with Gasteiger partial charge in [0.1, 0.15) is 0 Å². The average Bonchev–Trinajstić information content (AvgIpc) is 2.49. The Bertz CT molecular complexity index is 542. The summed E-state index contributed by atoms with van der Waals surface area (Å²) in [6.45, 7) is 0. The van der Waals surface area contributed by atoms with Crippen LogP contribution in [0.1, 0.15) is 42.5 Å². The van der Waals surface area contributed by atoms with Crippen molar-refractivity contribution in [1.29, 1.82) is 0 Å². The van der Waals surface area contributed by atoms with Gasteiger partial charge in [0.15, 0.2) is 0 Å². The summed E-state index contributed by atoms with van der Waals surface area (Å²) in [5, 5.41) is 2.87. The van der Waals surface area contributed by atoms with Gasteiger partial charge >= 0.3 is 0 Å². The topological polar surface area (TPSA) is 75.4 Å². The molecule has 1 aromatic rings. The molecule has 0 aromatic heterocycles. The number of nitrogens with two attached hydrogens (primary N) is 1. The minimum absolute atomic E-state index is 0.0682. The maximum Gasteiger partial charge on any atom is 0.255 e. The van der Waals surface area contributed by atoms with Crippen LogP contribution in [0.25, 0.3) is 0 Å². The van der Waals surface area contributed by atoms with Gasteiger partial charge in [-0.05, 0) is 30.9 Å². The largest absolute Gasteiger partial charge is 0.345 e. The minimum atomic E-state index is -0.120. The van der Waals surface area contributed by atoms with Crippen LogP contribution >= 0.6 is 0 Å². The van der Waals surface area contributed by atoms with Gasteiger partial charge in [0, 0.05) is 26.6 Å². The predicted octanol–water partition coefficient (Wildman–Crippen LogP) is 2.23. The third-order valence-electron chi connectivity index (χ3n) is 4.25. The second kappa shape index (κ2) is 7.40. The Morgan fingerprint density at radius 3 is 2.59 bits per heavy atom. The van der Waals surface area contributed by atoms with Gasteiger partial charge in [-0.1, -0.05) is 25.0 Å². The lowest BCUT2D eigenvalue weighted by molar-refractivity contribution is -0.117. The zero-order valence-electron chi connectivity index (χ0n) is 13.3. The number of para-hydroxylation sites is 1. The van der Waals surface area contributed by atoms with Crippen molar-refractivity contribution in [1.82, 2.24) is 4.90 Å². The highest BCUT2D eigenvalue weighted by molar-refractivity contribution is 6.03. The molecule has 3 N–H and O–H groups in total. The zero-order chi connectivity index (χ0) is 16.1. The van der Waals surface area contributed by atoms with Crippen molar-refractivity contribution in [3.8, 4) is 0 Å². The van der Waals surface area contributed by atoms with Gasteiger partial charge in [0.05, 0.1) is 11.3 Å². The fourth-order valence-corrected chi connectivity index (χ4v) is 2.95. The van der Waals surface area contributed by atoms with Crippen LogP contribution < -0.4 is 11.1 Å². The molecule has 2 rings (SSSR count). The SMILES string of the molecule is CN(C)C(=O)c1ccccc1NC(=O)CC1CCCCC1N. The molecule has 22 heavy (non-hydrogen) atoms.